The summed E-state index contributed by atoms with van der Waals surface area (Å²) < 4.78 is 40.9. The first kappa shape index (κ1) is 29.1. The van der Waals surface area contributed by atoms with Gasteiger partial charge in [-0.3, -0.25) is 29.4 Å². The number of aromatic hydroxyl groups is 1. The zero-order valence-electron chi connectivity index (χ0n) is 18.6. The van der Waals surface area contributed by atoms with Crippen LogP contribution < -0.4 is 10.2 Å². The van der Waals surface area contributed by atoms with Crippen molar-refractivity contribution in [2.24, 2.45) is 5.41 Å². The second-order valence-electron chi connectivity index (χ2n) is 8.36. The molecule has 0 aliphatic carbocycles. The first-order valence-corrected chi connectivity index (χ1v) is 10.9. The molecule has 0 saturated heterocycles. The summed E-state index contributed by atoms with van der Waals surface area (Å²) in [6, 6.07) is 1.84. The molecular formula is C21H17Cl3F3N3O6. The van der Waals surface area contributed by atoms with Gasteiger partial charge in [-0.25, -0.2) is 0 Å². The molecule has 9 nitrogen and oxygen atoms in total. The summed E-state index contributed by atoms with van der Waals surface area (Å²) in [6.45, 7) is 3.88. The third-order valence-corrected chi connectivity index (χ3v) is 5.56. The van der Waals surface area contributed by atoms with E-state index in [1.807, 2.05) is 0 Å². The number of nitro benzene ring substituents is 1. The van der Waals surface area contributed by atoms with E-state index in [-0.39, 0.29) is 9.92 Å². The van der Waals surface area contributed by atoms with Crippen molar-refractivity contribution >= 4 is 69.5 Å². The number of rotatable bonds is 6. The van der Waals surface area contributed by atoms with Crippen LogP contribution in [0.15, 0.2) is 30.3 Å². The Kier molecular flexibility index (Phi) is 8.49. The fraction of sp³-hybridized carbons (Fsp3) is 0.286. The number of phenols is 1. The van der Waals surface area contributed by atoms with Crippen molar-refractivity contribution < 1.29 is 37.6 Å². The molecule has 0 fully saturated rings. The predicted octanol–water partition coefficient (Wildman–Crippen LogP) is 5.78. The molecule has 0 heterocycles. The number of hydrogen-bond donors (Lipinski definition) is 2. The van der Waals surface area contributed by atoms with Crippen molar-refractivity contribution in [2.45, 2.75) is 33.0 Å². The number of alkyl halides is 3. The minimum atomic E-state index is -5.57. The van der Waals surface area contributed by atoms with Crippen molar-refractivity contribution in [3.8, 4) is 5.75 Å². The van der Waals surface area contributed by atoms with Crippen molar-refractivity contribution in [3.63, 3.8) is 0 Å². The summed E-state index contributed by atoms with van der Waals surface area (Å²) in [5.41, 5.74) is -3.12. The maximum absolute atomic E-state index is 13.6. The molecule has 1 unspecified atom stereocenters. The third-order valence-electron chi connectivity index (χ3n) is 4.65. The molecule has 0 aromatic heterocycles. The Morgan fingerprint density at radius 3 is 2.00 bits per heavy atom. The number of Topliss-reactive ketones (excluding diaryl/α,β-unsaturated/α-hetero) is 1. The monoisotopic (exact) mass is 569 g/mol. The van der Waals surface area contributed by atoms with Crippen LogP contribution in [0.4, 0.5) is 30.2 Å². The predicted molar refractivity (Wildman–Crippen MR) is 127 cm³/mol. The van der Waals surface area contributed by atoms with Crippen molar-refractivity contribution in [2.75, 3.05) is 10.2 Å². The molecule has 2 N–H and O–H groups in total. The Bertz CT molecular complexity index is 1220. The highest BCUT2D eigenvalue weighted by atomic mass is 35.5. The topological polar surface area (TPSA) is 130 Å². The molecule has 0 aliphatic heterocycles. The molecule has 194 valence electrons. The van der Waals surface area contributed by atoms with Gasteiger partial charge in [0.1, 0.15) is 0 Å². The average Bonchev–Trinajstić information content (AvgIpc) is 2.74. The van der Waals surface area contributed by atoms with E-state index >= 15 is 0 Å². The van der Waals surface area contributed by atoms with Gasteiger partial charge in [0.05, 0.1) is 25.7 Å². The van der Waals surface area contributed by atoms with E-state index in [2.05, 4.69) is 5.32 Å². The van der Waals surface area contributed by atoms with Gasteiger partial charge in [0.15, 0.2) is 17.6 Å². The summed E-state index contributed by atoms with van der Waals surface area (Å²) in [5, 5.41) is 21.6. The standard InChI is InChI=1S/C21H17Cl3F3N3O6/c1-20(2,3)17(32)15(18(33)28-14-8-9(30(35)36)4-5-11(14)22)29(19(34)21(25,26)27)10-6-12(23)16(31)13(24)7-10/h4-8,15,31H,1-3H3,(H,28,33). The zero-order valence-corrected chi connectivity index (χ0v) is 20.9. The summed E-state index contributed by atoms with van der Waals surface area (Å²) in [4.78, 5) is 49.2. The number of hydrogen-bond acceptors (Lipinski definition) is 6. The van der Waals surface area contributed by atoms with Gasteiger partial charge in [-0.2, -0.15) is 13.2 Å². The number of nitro groups is 1. The summed E-state index contributed by atoms with van der Waals surface area (Å²) in [7, 11) is 0. The molecule has 1 atom stereocenters. The van der Waals surface area contributed by atoms with Crippen LogP contribution in [0.25, 0.3) is 0 Å². The van der Waals surface area contributed by atoms with E-state index in [0.29, 0.717) is 12.1 Å². The second-order valence-corrected chi connectivity index (χ2v) is 9.58. The Hall–Kier alpha value is -3.09. The largest absolute Gasteiger partial charge is 0.505 e. The van der Waals surface area contributed by atoms with E-state index in [9.17, 15) is 42.8 Å². The molecule has 2 aromatic carbocycles. The molecule has 2 amide bonds. The van der Waals surface area contributed by atoms with Crippen molar-refractivity contribution in [3.05, 3.63) is 55.5 Å². The minimum Gasteiger partial charge on any atom is -0.505 e. The van der Waals surface area contributed by atoms with Gasteiger partial charge in [-0.1, -0.05) is 55.6 Å². The van der Waals surface area contributed by atoms with Crippen LogP contribution in [0.1, 0.15) is 20.8 Å². The van der Waals surface area contributed by atoms with Gasteiger partial charge < -0.3 is 10.4 Å². The number of amides is 2. The summed E-state index contributed by atoms with van der Waals surface area (Å²) in [5.74, 6) is -5.94. The second kappa shape index (κ2) is 10.5. The molecule has 2 rings (SSSR count). The van der Waals surface area contributed by atoms with E-state index in [1.54, 1.807) is 0 Å². The first-order chi connectivity index (χ1) is 16.4. The lowest BCUT2D eigenvalue weighted by Gasteiger charge is -2.34. The first-order valence-electron chi connectivity index (χ1n) is 9.73. The molecule has 0 saturated carbocycles. The van der Waals surface area contributed by atoms with Crippen LogP contribution in [0.2, 0.25) is 15.1 Å². The highest BCUT2D eigenvalue weighted by Gasteiger charge is 2.51. The number of carbonyl (C=O) groups is 3. The third kappa shape index (κ3) is 6.37. The van der Waals surface area contributed by atoms with Gasteiger partial charge in [0.25, 0.3) is 11.6 Å². The molecule has 0 aliphatic rings. The van der Waals surface area contributed by atoms with Crippen LogP contribution in [0.5, 0.6) is 5.75 Å². The van der Waals surface area contributed by atoms with Gasteiger partial charge in [-0.05, 0) is 18.2 Å². The molecule has 0 spiro atoms. The van der Waals surface area contributed by atoms with Crippen LogP contribution in [0.3, 0.4) is 0 Å². The zero-order chi connectivity index (χ0) is 27.7. The lowest BCUT2D eigenvalue weighted by molar-refractivity contribution is -0.384. The normalized spacial score (nSPS) is 12.6. The fourth-order valence-corrected chi connectivity index (χ4v) is 3.54. The Morgan fingerprint density at radius 1 is 1.03 bits per heavy atom. The van der Waals surface area contributed by atoms with Crippen molar-refractivity contribution in [1.29, 1.82) is 0 Å². The molecule has 36 heavy (non-hydrogen) atoms. The van der Waals surface area contributed by atoms with Crippen LogP contribution >= 0.6 is 34.8 Å². The number of phenolic OH excluding ortho intramolecular Hbond substituents is 1. The van der Waals surface area contributed by atoms with Gasteiger partial charge >= 0.3 is 12.1 Å². The fourth-order valence-electron chi connectivity index (χ4n) is 2.90. The number of benzene rings is 2. The summed E-state index contributed by atoms with van der Waals surface area (Å²) >= 11 is 17.6. The van der Waals surface area contributed by atoms with E-state index in [1.165, 1.54) is 20.8 Å². The Morgan fingerprint density at radius 2 is 1.56 bits per heavy atom. The molecule has 0 radical (unpaired) electrons. The van der Waals surface area contributed by atoms with Gasteiger partial charge in [0.2, 0.25) is 0 Å². The van der Waals surface area contributed by atoms with E-state index in [0.717, 1.165) is 18.2 Å². The van der Waals surface area contributed by atoms with Crippen LogP contribution in [0, 0.1) is 15.5 Å². The maximum atomic E-state index is 13.6. The van der Waals surface area contributed by atoms with Crippen molar-refractivity contribution in [1.82, 2.24) is 0 Å². The molecule has 15 heteroatoms. The van der Waals surface area contributed by atoms with Crippen LogP contribution in [-0.4, -0.2) is 39.8 Å². The summed E-state index contributed by atoms with van der Waals surface area (Å²) in [6.07, 6.45) is -5.57. The number of nitrogens with one attached hydrogen (secondary N) is 1. The SMILES string of the molecule is CC(C)(C)C(=O)C(C(=O)Nc1cc([N+](=O)[O-])ccc1Cl)N(C(=O)C(F)(F)F)c1cc(Cl)c(O)c(Cl)c1. The Balaban J connectivity index is 2.77. The number of halogens is 6. The number of non-ortho nitro benzene ring substituents is 1. The van der Waals surface area contributed by atoms with Crippen LogP contribution in [-0.2, 0) is 14.4 Å². The quantitative estimate of drug-likeness (QED) is 0.257. The number of anilines is 2. The smallest absolute Gasteiger partial charge is 0.471 e. The van der Waals surface area contributed by atoms with Gasteiger partial charge in [-0.15, -0.1) is 0 Å². The number of carbonyl (C=O) groups excluding carboxylic acids is 3. The maximum Gasteiger partial charge on any atom is 0.471 e. The number of ketones is 1. The highest BCUT2D eigenvalue weighted by Crippen LogP contribution is 2.39. The highest BCUT2D eigenvalue weighted by molar-refractivity contribution is 6.38. The molecular weight excluding hydrogens is 554 g/mol. The lowest BCUT2D eigenvalue weighted by atomic mass is 9.85. The van der Waals surface area contributed by atoms with E-state index in [4.69, 9.17) is 34.8 Å². The van der Waals surface area contributed by atoms with Gasteiger partial charge in [0, 0.05) is 23.2 Å². The van der Waals surface area contributed by atoms with E-state index < -0.39 is 73.0 Å². The molecule has 0 bridgehead atoms. The minimum absolute atomic E-state index is 0.161. The number of nitrogens with zero attached hydrogens (tertiary/aromatic N) is 2. The lowest BCUT2D eigenvalue weighted by Crippen LogP contribution is -2.58. The Labute approximate surface area is 216 Å². The molecule has 2 aromatic rings. The average molecular weight is 571 g/mol.